The summed E-state index contributed by atoms with van der Waals surface area (Å²) in [5, 5.41) is 4.19. The number of hydrogen-bond acceptors (Lipinski definition) is 3. The molecule has 2 aromatic rings. The van der Waals surface area contributed by atoms with Crippen molar-refractivity contribution < 1.29 is 4.79 Å². The van der Waals surface area contributed by atoms with Crippen LogP contribution in [0, 0.1) is 0 Å². The summed E-state index contributed by atoms with van der Waals surface area (Å²) in [6.07, 6.45) is 2.65. The van der Waals surface area contributed by atoms with E-state index in [1.807, 2.05) is 24.3 Å². The maximum absolute atomic E-state index is 12.4. The second-order valence-corrected chi connectivity index (χ2v) is 5.56. The summed E-state index contributed by atoms with van der Waals surface area (Å²) in [5.74, 6) is 1.08. The molecule has 1 heterocycles. The molecule has 2 rings (SSSR count). The Morgan fingerprint density at radius 1 is 1.21 bits per heavy atom. The number of ketones is 1. The van der Waals surface area contributed by atoms with Gasteiger partial charge >= 0.3 is 0 Å². The normalized spacial score (nSPS) is 10.6. The van der Waals surface area contributed by atoms with E-state index in [1.165, 1.54) is 4.90 Å². The van der Waals surface area contributed by atoms with Gasteiger partial charge in [-0.05, 0) is 42.5 Å². The molecule has 1 aromatic carbocycles. The van der Waals surface area contributed by atoms with Crippen molar-refractivity contribution in [2.24, 2.45) is 0 Å². The summed E-state index contributed by atoms with van der Waals surface area (Å²) in [4.78, 5) is 13.6. The standard InChI is InChI=1S/C15H18N2OS/c1-3-11-17-14(9-10-16-17)15(18)12-5-7-13(8-6-12)19-4-2/h5-10H,3-4,11H2,1-2H3. The van der Waals surface area contributed by atoms with Crippen LogP contribution in [0.25, 0.3) is 0 Å². The van der Waals surface area contributed by atoms with E-state index in [9.17, 15) is 4.79 Å². The van der Waals surface area contributed by atoms with Gasteiger partial charge in [0.15, 0.2) is 0 Å². The molecule has 4 heteroatoms. The van der Waals surface area contributed by atoms with Gasteiger partial charge in [-0.25, -0.2) is 0 Å². The van der Waals surface area contributed by atoms with Gasteiger partial charge in [-0.2, -0.15) is 5.10 Å². The van der Waals surface area contributed by atoms with Crippen molar-refractivity contribution in [2.45, 2.75) is 31.7 Å². The monoisotopic (exact) mass is 274 g/mol. The molecule has 0 saturated carbocycles. The summed E-state index contributed by atoms with van der Waals surface area (Å²) < 4.78 is 1.77. The van der Waals surface area contributed by atoms with Crippen LogP contribution < -0.4 is 0 Å². The first-order valence-electron chi connectivity index (χ1n) is 6.55. The van der Waals surface area contributed by atoms with Crippen molar-refractivity contribution in [2.75, 3.05) is 5.75 Å². The molecule has 0 aliphatic rings. The van der Waals surface area contributed by atoms with E-state index in [0.717, 1.165) is 24.3 Å². The van der Waals surface area contributed by atoms with Crippen molar-refractivity contribution in [3.63, 3.8) is 0 Å². The zero-order chi connectivity index (χ0) is 13.7. The molecule has 0 unspecified atom stereocenters. The quantitative estimate of drug-likeness (QED) is 0.596. The molecule has 0 saturated heterocycles. The molecule has 0 spiro atoms. The van der Waals surface area contributed by atoms with Crippen LogP contribution in [0.4, 0.5) is 0 Å². The third-order valence-corrected chi connectivity index (χ3v) is 3.71. The van der Waals surface area contributed by atoms with E-state index in [4.69, 9.17) is 0 Å². The highest BCUT2D eigenvalue weighted by atomic mass is 32.2. The molecule has 0 radical (unpaired) electrons. The third-order valence-electron chi connectivity index (χ3n) is 2.81. The molecule has 100 valence electrons. The first-order chi connectivity index (χ1) is 9.26. The van der Waals surface area contributed by atoms with Crippen molar-refractivity contribution in [1.82, 2.24) is 9.78 Å². The van der Waals surface area contributed by atoms with Crippen molar-refractivity contribution >= 4 is 17.5 Å². The molecule has 0 bridgehead atoms. The van der Waals surface area contributed by atoms with Gasteiger partial charge in [0.25, 0.3) is 0 Å². The van der Waals surface area contributed by atoms with Gasteiger partial charge in [-0.1, -0.05) is 13.8 Å². The Bertz CT molecular complexity index is 546. The highest BCUT2D eigenvalue weighted by Crippen LogP contribution is 2.19. The topological polar surface area (TPSA) is 34.9 Å². The van der Waals surface area contributed by atoms with Crippen LogP contribution >= 0.6 is 11.8 Å². The number of carbonyl (C=O) groups excluding carboxylic acids is 1. The predicted octanol–water partition coefficient (Wildman–Crippen LogP) is 3.64. The number of aryl methyl sites for hydroxylation is 1. The first-order valence-corrected chi connectivity index (χ1v) is 7.54. The number of rotatable bonds is 6. The maximum Gasteiger partial charge on any atom is 0.211 e. The van der Waals surface area contributed by atoms with Gasteiger partial charge in [0.05, 0.1) is 0 Å². The lowest BCUT2D eigenvalue weighted by atomic mass is 10.1. The van der Waals surface area contributed by atoms with Crippen LogP contribution in [0.2, 0.25) is 0 Å². The van der Waals surface area contributed by atoms with Gasteiger partial charge in [0, 0.05) is 23.2 Å². The van der Waals surface area contributed by atoms with Crippen LogP contribution in [0.3, 0.4) is 0 Å². The Kier molecular flexibility index (Phi) is 4.80. The molecule has 0 N–H and O–H groups in total. The van der Waals surface area contributed by atoms with Crippen molar-refractivity contribution in [3.8, 4) is 0 Å². The van der Waals surface area contributed by atoms with Crippen molar-refractivity contribution in [3.05, 3.63) is 47.8 Å². The molecule has 0 fully saturated rings. The molecule has 3 nitrogen and oxygen atoms in total. The fourth-order valence-corrected chi connectivity index (χ4v) is 2.59. The molecule has 19 heavy (non-hydrogen) atoms. The predicted molar refractivity (Wildman–Crippen MR) is 78.8 cm³/mol. The van der Waals surface area contributed by atoms with E-state index in [0.29, 0.717) is 5.69 Å². The number of benzene rings is 1. The molecular weight excluding hydrogens is 256 g/mol. The molecule has 0 aliphatic heterocycles. The van der Waals surface area contributed by atoms with Gasteiger partial charge in [0.2, 0.25) is 5.78 Å². The van der Waals surface area contributed by atoms with Gasteiger partial charge in [-0.15, -0.1) is 11.8 Å². The Morgan fingerprint density at radius 3 is 2.58 bits per heavy atom. The highest BCUT2D eigenvalue weighted by Gasteiger charge is 2.13. The lowest BCUT2D eigenvalue weighted by Gasteiger charge is -2.06. The molecular formula is C15H18N2OS. The largest absolute Gasteiger partial charge is 0.287 e. The fourth-order valence-electron chi connectivity index (χ4n) is 1.93. The molecule has 1 aromatic heterocycles. The fraction of sp³-hybridized carbons (Fsp3) is 0.333. The Hall–Kier alpha value is -1.55. The minimum Gasteiger partial charge on any atom is -0.287 e. The zero-order valence-corrected chi connectivity index (χ0v) is 12.1. The summed E-state index contributed by atoms with van der Waals surface area (Å²) in [5.41, 5.74) is 1.39. The van der Waals surface area contributed by atoms with Crippen LogP contribution in [-0.4, -0.2) is 21.3 Å². The average Bonchev–Trinajstić information content (AvgIpc) is 2.88. The maximum atomic E-state index is 12.4. The van der Waals surface area contributed by atoms with Crippen LogP contribution in [0.5, 0.6) is 0 Å². The smallest absolute Gasteiger partial charge is 0.211 e. The Labute approximate surface area is 118 Å². The number of thioether (sulfide) groups is 1. The minimum absolute atomic E-state index is 0.0407. The molecule has 0 aliphatic carbocycles. The van der Waals surface area contributed by atoms with E-state index in [-0.39, 0.29) is 5.78 Å². The zero-order valence-electron chi connectivity index (χ0n) is 11.3. The van der Waals surface area contributed by atoms with E-state index < -0.39 is 0 Å². The number of hydrogen-bond donors (Lipinski definition) is 0. The number of carbonyl (C=O) groups is 1. The van der Waals surface area contributed by atoms with Crippen LogP contribution in [-0.2, 0) is 6.54 Å². The number of nitrogens with zero attached hydrogens (tertiary/aromatic N) is 2. The van der Waals surface area contributed by atoms with Crippen molar-refractivity contribution in [1.29, 1.82) is 0 Å². The second kappa shape index (κ2) is 6.57. The van der Waals surface area contributed by atoms with E-state index in [1.54, 1.807) is 28.7 Å². The Morgan fingerprint density at radius 2 is 1.95 bits per heavy atom. The summed E-state index contributed by atoms with van der Waals surface area (Å²) in [6, 6.07) is 9.57. The number of aromatic nitrogens is 2. The average molecular weight is 274 g/mol. The molecule has 0 atom stereocenters. The van der Waals surface area contributed by atoms with Gasteiger partial charge in [-0.3, -0.25) is 9.48 Å². The van der Waals surface area contributed by atoms with Gasteiger partial charge in [0.1, 0.15) is 5.69 Å². The molecule has 0 amide bonds. The summed E-state index contributed by atoms with van der Waals surface area (Å²) in [6.45, 7) is 4.97. The third kappa shape index (κ3) is 3.26. The van der Waals surface area contributed by atoms with E-state index in [2.05, 4.69) is 18.9 Å². The SMILES string of the molecule is CCCn1nccc1C(=O)c1ccc(SCC)cc1. The minimum atomic E-state index is 0.0407. The van der Waals surface area contributed by atoms with Gasteiger partial charge < -0.3 is 0 Å². The Balaban J connectivity index is 2.21. The van der Waals surface area contributed by atoms with Crippen LogP contribution in [0.1, 0.15) is 36.3 Å². The highest BCUT2D eigenvalue weighted by molar-refractivity contribution is 7.99. The lowest BCUT2D eigenvalue weighted by Crippen LogP contribution is -2.11. The van der Waals surface area contributed by atoms with Crippen LogP contribution in [0.15, 0.2) is 41.4 Å². The summed E-state index contributed by atoms with van der Waals surface area (Å²) in [7, 11) is 0. The van der Waals surface area contributed by atoms with E-state index >= 15 is 0 Å². The summed E-state index contributed by atoms with van der Waals surface area (Å²) >= 11 is 1.78. The second-order valence-electron chi connectivity index (χ2n) is 4.23. The first kappa shape index (κ1) is 13.9. The lowest BCUT2D eigenvalue weighted by molar-refractivity contribution is 0.102.